The monoisotopic (exact) mass is 302 g/mol. The molecular weight excluding hydrogens is 280 g/mol. The summed E-state index contributed by atoms with van der Waals surface area (Å²) in [6, 6.07) is 11.5. The molecule has 0 bridgehead atoms. The second kappa shape index (κ2) is 7.29. The SMILES string of the molecule is OC(CNCC1CNc2ccnn2C1)COc1ccccc1. The fourth-order valence-corrected chi connectivity index (χ4v) is 2.55. The highest BCUT2D eigenvalue weighted by Gasteiger charge is 2.18. The first-order chi connectivity index (χ1) is 10.8. The number of rotatable bonds is 7. The minimum absolute atomic E-state index is 0.295. The zero-order chi connectivity index (χ0) is 15.2. The summed E-state index contributed by atoms with van der Waals surface area (Å²) in [6.07, 6.45) is 1.29. The molecule has 1 aliphatic rings. The highest BCUT2D eigenvalue weighted by molar-refractivity contribution is 5.35. The molecule has 2 heterocycles. The van der Waals surface area contributed by atoms with E-state index in [0.717, 1.165) is 31.2 Å². The lowest BCUT2D eigenvalue weighted by Crippen LogP contribution is -2.39. The van der Waals surface area contributed by atoms with E-state index in [0.29, 0.717) is 19.1 Å². The summed E-state index contributed by atoms with van der Waals surface area (Å²) >= 11 is 0. The van der Waals surface area contributed by atoms with Crippen molar-refractivity contribution in [3.05, 3.63) is 42.6 Å². The Labute approximate surface area is 130 Å². The maximum atomic E-state index is 9.94. The Bertz CT molecular complexity index is 573. The molecule has 6 nitrogen and oxygen atoms in total. The fourth-order valence-electron chi connectivity index (χ4n) is 2.55. The summed E-state index contributed by atoms with van der Waals surface area (Å²) in [5, 5.41) is 20.9. The van der Waals surface area contributed by atoms with Crippen molar-refractivity contribution in [2.75, 3.05) is 31.6 Å². The number of fused-ring (bicyclic) bond motifs is 1. The predicted molar refractivity (Wildman–Crippen MR) is 85.0 cm³/mol. The molecule has 0 radical (unpaired) electrons. The smallest absolute Gasteiger partial charge is 0.124 e. The van der Waals surface area contributed by atoms with E-state index >= 15 is 0 Å². The molecule has 1 aliphatic heterocycles. The van der Waals surface area contributed by atoms with Crippen LogP contribution in [0.1, 0.15) is 0 Å². The Morgan fingerprint density at radius 3 is 3.09 bits per heavy atom. The van der Waals surface area contributed by atoms with Crippen molar-refractivity contribution < 1.29 is 9.84 Å². The average Bonchev–Trinajstić information content (AvgIpc) is 3.02. The van der Waals surface area contributed by atoms with Crippen LogP contribution >= 0.6 is 0 Å². The summed E-state index contributed by atoms with van der Waals surface area (Å²) in [5.41, 5.74) is 0. The molecule has 0 aliphatic carbocycles. The van der Waals surface area contributed by atoms with E-state index < -0.39 is 6.10 Å². The number of ether oxygens (including phenoxy) is 1. The average molecular weight is 302 g/mol. The molecule has 0 spiro atoms. The number of benzene rings is 1. The van der Waals surface area contributed by atoms with E-state index in [1.54, 1.807) is 0 Å². The lowest BCUT2D eigenvalue weighted by molar-refractivity contribution is 0.105. The van der Waals surface area contributed by atoms with Crippen LogP contribution in [0.15, 0.2) is 42.6 Å². The molecule has 118 valence electrons. The molecular formula is C16H22N4O2. The van der Waals surface area contributed by atoms with Crippen LogP contribution in [0.5, 0.6) is 5.75 Å². The largest absolute Gasteiger partial charge is 0.491 e. The molecule has 0 fully saturated rings. The molecule has 3 N–H and O–H groups in total. The van der Waals surface area contributed by atoms with Crippen molar-refractivity contribution in [2.45, 2.75) is 12.6 Å². The number of aliphatic hydroxyl groups excluding tert-OH is 1. The first-order valence-corrected chi connectivity index (χ1v) is 7.63. The van der Waals surface area contributed by atoms with Crippen LogP contribution < -0.4 is 15.4 Å². The van der Waals surface area contributed by atoms with Gasteiger partial charge < -0.3 is 20.5 Å². The molecule has 2 atom stereocenters. The molecule has 0 saturated carbocycles. The van der Waals surface area contributed by atoms with Crippen molar-refractivity contribution in [3.8, 4) is 5.75 Å². The van der Waals surface area contributed by atoms with Gasteiger partial charge in [-0.25, -0.2) is 4.68 Å². The number of nitrogens with one attached hydrogen (secondary N) is 2. The van der Waals surface area contributed by atoms with Gasteiger partial charge >= 0.3 is 0 Å². The number of hydrogen-bond donors (Lipinski definition) is 3. The van der Waals surface area contributed by atoms with Crippen LogP contribution in [0.3, 0.4) is 0 Å². The quantitative estimate of drug-likeness (QED) is 0.710. The lowest BCUT2D eigenvalue weighted by atomic mass is 10.1. The van der Waals surface area contributed by atoms with E-state index in [9.17, 15) is 5.11 Å². The molecule has 2 aromatic rings. The Morgan fingerprint density at radius 2 is 2.23 bits per heavy atom. The molecule has 6 heteroatoms. The van der Waals surface area contributed by atoms with Crippen molar-refractivity contribution in [3.63, 3.8) is 0 Å². The van der Waals surface area contributed by atoms with Crippen LogP contribution in [0.4, 0.5) is 5.82 Å². The van der Waals surface area contributed by atoms with Gasteiger partial charge in [-0.15, -0.1) is 0 Å². The zero-order valence-electron chi connectivity index (χ0n) is 12.5. The van der Waals surface area contributed by atoms with E-state index in [2.05, 4.69) is 15.7 Å². The van der Waals surface area contributed by atoms with Crippen molar-refractivity contribution in [1.29, 1.82) is 0 Å². The number of hydrogen-bond acceptors (Lipinski definition) is 5. The van der Waals surface area contributed by atoms with E-state index in [4.69, 9.17) is 4.74 Å². The molecule has 1 aromatic heterocycles. The van der Waals surface area contributed by atoms with Crippen molar-refractivity contribution in [1.82, 2.24) is 15.1 Å². The van der Waals surface area contributed by atoms with Gasteiger partial charge in [0.15, 0.2) is 0 Å². The zero-order valence-corrected chi connectivity index (χ0v) is 12.5. The van der Waals surface area contributed by atoms with Gasteiger partial charge in [0.05, 0.1) is 6.20 Å². The van der Waals surface area contributed by atoms with Gasteiger partial charge in [-0.1, -0.05) is 18.2 Å². The molecule has 2 unspecified atom stereocenters. The molecule has 1 aromatic carbocycles. The minimum atomic E-state index is -0.517. The van der Waals surface area contributed by atoms with Crippen LogP contribution in [-0.4, -0.2) is 47.2 Å². The van der Waals surface area contributed by atoms with E-state index in [1.807, 2.05) is 47.3 Å². The first kappa shape index (κ1) is 14.9. The summed E-state index contributed by atoms with van der Waals surface area (Å²) in [6.45, 7) is 3.49. The van der Waals surface area contributed by atoms with Gasteiger partial charge in [-0.2, -0.15) is 5.10 Å². The maximum absolute atomic E-state index is 9.94. The Balaban J connectivity index is 1.33. The highest BCUT2D eigenvalue weighted by atomic mass is 16.5. The molecule has 0 saturated heterocycles. The van der Waals surface area contributed by atoms with Gasteiger partial charge in [-0.05, 0) is 12.1 Å². The third kappa shape index (κ3) is 3.99. The Kier molecular flexibility index (Phi) is 4.92. The molecule has 3 rings (SSSR count). The van der Waals surface area contributed by atoms with Gasteiger partial charge in [-0.3, -0.25) is 0 Å². The van der Waals surface area contributed by atoms with Crippen molar-refractivity contribution in [2.24, 2.45) is 5.92 Å². The normalized spacial score (nSPS) is 18.3. The van der Waals surface area contributed by atoms with Crippen molar-refractivity contribution >= 4 is 5.82 Å². The van der Waals surface area contributed by atoms with Gasteiger partial charge in [0.25, 0.3) is 0 Å². The summed E-state index contributed by atoms with van der Waals surface area (Å²) in [7, 11) is 0. The highest BCUT2D eigenvalue weighted by Crippen LogP contribution is 2.15. The topological polar surface area (TPSA) is 71.3 Å². The number of aliphatic hydroxyl groups is 1. The lowest BCUT2D eigenvalue weighted by Gasteiger charge is -2.25. The number of aromatic nitrogens is 2. The second-order valence-corrected chi connectivity index (χ2v) is 5.58. The number of nitrogens with zero attached hydrogens (tertiary/aromatic N) is 2. The first-order valence-electron chi connectivity index (χ1n) is 7.63. The predicted octanol–water partition coefficient (Wildman–Crippen LogP) is 0.954. The fraction of sp³-hybridized carbons (Fsp3) is 0.438. The van der Waals surface area contributed by atoms with Gasteiger partial charge in [0, 0.05) is 38.2 Å². The van der Waals surface area contributed by atoms with Crippen LogP contribution in [0, 0.1) is 5.92 Å². The Morgan fingerprint density at radius 1 is 1.36 bits per heavy atom. The molecule has 0 amide bonds. The van der Waals surface area contributed by atoms with E-state index in [-0.39, 0.29) is 0 Å². The Hall–Kier alpha value is -2.05. The standard InChI is InChI=1S/C16H22N4O2/c21-14(12-22-15-4-2-1-3-5-15)10-17-8-13-9-18-16-6-7-19-20(16)11-13/h1-7,13-14,17-18,21H,8-12H2. The summed E-state index contributed by atoms with van der Waals surface area (Å²) in [4.78, 5) is 0. The summed E-state index contributed by atoms with van der Waals surface area (Å²) in [5.74, 6) is 2.33. The molecule has 22 heavy (non-hydrogen) atoms. The van der Waals surface area contributed by atoms with E-state index in [1.165, 1.54) is 0 Å². The second-order valence-electron chi connectivity index (χ2n) is 5.58. The third-order valence-corrected chi connectivity index (χ3v) is 3.72. The van der Waals surface area contributed by atoms with Gasteiger partial charge in [0.2, 0.25) is 0 Å². The van der Waals surface area contributed by atoms with Crippen LogP contribution in [0.2, 0.25) is 0 Å². The number of para-hydroxylation sites is 1. The van der Waals surface area contributed by atoms with Crippen LogP contribution in [-0.2, 0) is 6.54 Å². The maximum Gasteiger partial charge on any atom is 0.124 e. The van der Waals surface area contributed by atoms with Gasteiger partial charge in [0.1, 0.15) is 24.3 Å². The van der Waals surface area contributed by atoms with Crippen LogP contribution in [0.25, 0.3) is 0 Å². The summed E-state index contributed by atoms with van der Waals surface area (Å²) < 4.78 is 7.51. The minimum Gasteiger partial charge on any atom is -0.491 e. The number of anilines is 1. The third-order valence-electron chi connectivity index (χ3n) is 3.72.